The van der Waals surface area contributed by atoms with Crippen molar-refractivity contribution in [2.24, 2.45) is 5.41 Å². The van der Waals surface area contributed by atoms with E-state index in [-0.39, 0.29) is 5.91 Å². The molecular weight excluding hydrogens is 218 g/mol. The van der Waals surface area contributed by atoms with Gasteiger partial charge in [0.2, 0.25) is 5.91 Å². The van der Waals surface area contributed by atoms with E-state index < -0.39 is 5.41 Å². The van der Waals surface area contributed by atoms with Crippen molar-refractivity contribution in [2.45, 2.75) is 13.8 Å². The fourth-order valence-electron chi connectivity index (χ4n) is 1.30. The summed E-state index contributed by atoms with van der Waals surface area (Å²) in [6.45, 7) is 4.23. The van der Waals surface area contributed by atoms with E-state index in [4.69, 9.17) is 0 Å². The maximum atomic E-state index is 11.6. The molecule has 1 aromatic rings. The highest BCUT2D eigenvalue weighted by atomic mass is 16.2. The number of carbonyl (C=O) groups excluding carboxylic acids is 1. The second kappa shape index (κ2) is 5.47. The van der Waals surface area contributed by atoms with Gasteiger partial charge in [-0.15, -0.1) is 0 Å². The summed E-state index contributed by atoms with van der Waals surface area (Å²) in [5.74, 6) is 1.32. The van der Waals surface area contributed by atoms with Gasteiger partial charge in [0.1, 0.15) is 11.6 Å². The number of carbonyl (C=O) groups is 1. The molecule has 94 valence electrons. The first-order valence-electron chi connectivity index (χ1n) is 5.45. The highest BCUT2D eigenvalue weighted by molar-refractivity contribution is 5.82. The Labute approximate surface area is 101 Å². The SMILES string of the molecule is CNC(=O)C(C)(C)CNc1cncc(NC)n1. The molecule has 0 atom stereocenters. The van der Waals surface area contributed by atoms with Crippen molar-refractivity contribution < 1.29 is 4.79 Å². The average Bonchev–Trinajstić information content (AvgIpc) is 2.35. The highest BCUT2D eigenvalue weighted by Crippen LogP contribution is 2.16. The first-order valence-corrected chi connectivity index (χ1v) is 5.45. The molecule has 0 aliphatic heterocycles. The zero-order valence-electron chi connectivity index (χ0n) is 10.7. The topological polar surface area (TPSA) is 78.9 Å². The van der Waals surface area contributed by atoms with Crippen LogP contribution < -0.4 is 16.0 Å². The predicted molar refractivity (Wildman–Crippen MR) is 67.9 cm³/mol. The van der Waals surface area contributed by atoms with Crippen LogP contribution in [0.1, 0.15) is 13.8 Å². The van der Waals surface area contributed by atoms with E-state index in [9.17, 15) is 4.79 Å². The van der Waals surface area contributed by atoms with E-state index in [1.165, 1.54) is 0 Å². The lowest BCUT2D eigenvalue weighted by molar-refractivity contribution is -0.128. The highest BCUT2D eigenvalue weighted by Gasteiger charge is 2.26. The number of amides is 1. The summed E-state index contributed by atoms with van der Waals surface area (Å²) in [5, 5.41) is 8.64. The lowest BCUT2D eigenvalue weighted by Gasteiger charge is -2.23. The summed E-state index contributed by atoms with van der Waals surface area (Å²) in [6.07, 6.45) is 3.26. The van der Waals surface area contributed by atoms with Gasteiger partial charge < -0.3 is 16.0 Å². The van der Waals surface area contributed by atoms with Crippen molar-refractivity contribution in [2.75, 3.05) is 31.3 Å². The van der Waals surface area contributed by atoms with Gasteiger partial charge in [0.15, 0.2) is 0 Å². The summed E-state index contributed by atoms with van der Waals surface area (Å²) in [5.41, 5.74) is -0.494. The zero-order chi connectivity index (χ0) is 12.9. The Morgan fingerprint density at radius 1 is 1.29 bits per heavy atom. The van der Waals surface area contributed by atoms with Crippen molar-refractivity contribution in [3.05, 3.63) is 12.4 Å². The molecule has 6 nitrogen and oxygen atoms in total. The van der Waals surface area contributed by atoms with Crippen LogP contribution in [-0.4, -0.2) is 36.5 Å². The predicted octanol–water partition coefficient (Wildman–Crippen LogP) is 0.702. The van der Waals surface area contributed by atoms with Crippen LogP contribution in [0.4, 0.5) is 11.6 Å². The first-order chi connectivity index (χ1) is 7.99. The van der Waals surface area contributed by atoms with Gasteiger partial charge >= 0.3 is 0 Å². The largest absolute Gasteiger partial charge is 0.372 e. The molecule has 1 amide bonds. The number of hydrogen-bond donors (Lipinski definition) is 3. The molecule has 0 aromatic carbocycles. The van der Waals surface area contributed by atoms with E-state index >= 15 is 0 Å². The Morgan fingerprint density at radius 3 is 2.53 bits per heavy atom. The number of hydrogen-bond acceptors (Lipinski definition) is 5. The molecule has 0 aliphatic carbocycles. The molecule has 6 heteroatoms. The molecule has 1 rings (SSSR count). The van der Waals surface area contributed by atoms with Crippen LogP contribution in [0.25, 0.3) is 0 Å². The molecule has 0 radical (unpaired) electrons. The summed E-state index contributed by atoms with van der Waals surface area (Å²) in [7, 11) is 3.41. The van der Waals surface area contributed by atoms with Crippen molar-refractivity contribution in [1.82, 2.24) is 15.3 Å². The van der Waals surface area contributed by atoms with Gasteiger partial charge in [-0.2, -0.15) is 0 Å². The van der Waals surface area contributed by atoms with E-state index in [0.717, 1.165) is 0 Å². The van der Waals surface area contributed by atoms with E-state index in [0.29, 0.717) is 18.2 Å². The molecular formula is C11H19N5O. The van der Waals surface area contributed by atoms with Gasteiger partial charge in [-0.1, -0.05) is 0 Å². The Kier molecular flexibility index (Phi) is 4.25. The molecule has 0 unspecified atom stereocenters. The third kappa shape index (κ3) is 3.58. The van der Waals surface area contributed by atoms with Crippen LogP contribution in [0, 0.1) is 5.41 Å². The van der Waals surface area contributed by atoms with Crippen molar-refractivity contribution >= 4 is 17.5 Å². The number of nitrogens with one attached hydrogen (secondary N) is 3. The number of nitrogens with zero attached hydrogens (tertiary/aromatic N) is 2. The van der Waals surface area contributed by atoms with Gasteiger partial charge in [-0.25, -0.2) is 4.98 Å². The summed E-state index contributed by atoms with van der Waals surface area (Å²) >= 11 is 0. The minimum Gasteiger partial charge on any atom is -0.372 e. The van der Waals surface area contributed by atoms with E-state index in [2.05, 4.69) is 25.9 Å². The van der Waals surface area contributed by atoms with Gasteiger partial charge in [0, 0.05) is 20.6 Å². The second-order valence-electron chi connectivity index (χ2n) is 4.36. The minimum atomic E-state index is -0.494. The van der Waals surface area contributed by atoms with Gasteiger partial charge in [-0.3, -0.25) is 9.78 Å². The lowest BCUT2D eigenvalue weighted by atomic mass is 9.92. The number of aromatic nitrogens is 2. The van der Waals surface area contributed by atoms with Crippen molar-refractivity contribution in [3.8, 4) is 0 Å². The van der Waals surface area contributed by atoms with E-state index in [1.54, 1.807) is 26.5 Å². The Morgan fingerprint density at radius 2 is 1.94 bits per heavy atom. The monoisotopic (exact) mass is 237 g/mol. The average molecular weight is 237 g/mol. The third-order valence-electron chi connectivity index (χ3n) is 2.44. The zero-order valence-corrected chi connectivity index (χ0v) is 10.7. The fraction of sp³-hybridized carbons (Fsp3) is 0.545. The summed E-state index contributed by atoms with van der Waals surface area (Å²) < 4.78 is 0. The normalized spacial score (nSPS) is 10.8. The maximum Gasteiger partial charge on any atom is 0.227 e. The molecule has 0 spiro atoms. The van der Waals surface area contributed by atoms with Gasteiger partial charge in [-0.05, 0) is 13.8 Å². The molecule has 3 N–H and O–H groups in total. The first kappa shape index (κ1) is 13.2. The van der Waals surface area contributed by atoms with Crippen molar-refractivity contribution in [3.63, 3.8) is 0 Å². The lowest BCUT2D eigenvalue weighted by Crippen LogP contribution is -2.39. The van der Waals surface area contributed by atoms with Gasteiger partial charge in [0.05, 0.1) is 17.8 Å². The summed E-state index contributed by atoms with van der Waals surface area (Å²) in [4.78, 5) is 19.9. The molecule has 1 heterocycles. The van der Waals surface area contributed by atoms with Crippen LogP contribution in [0.15, 0.2) is 12.4 Å². The minimum absolute atomic E-state index is 0.0114. The standard InChI is InChI=1S/C11H19N5O/c1-11(2,10(17)13-4)7-15-9-6-14-5-8(12-3)16-9/h5-6H,7H2,1-4H3,(H,13,17)(H2,12,15,16). The molecule has 0 saturated heterocycles. The van der Waals surface area contributed by atoms with Crippen LogP contribution in [0.5, 0.6) is 0 Å². The summed E-state index contributed by atoms with van der Waals surface area (Å²) in [6, 6.07) is 0. The van der Waals surface area contributed by atoms with E-state index in [1.807, 2.05) is 13.8 Å². The molecule has 0 aliphatic rings. The van der Waals surface area contributed by atoms with Crippen LogP contribution in [0.2, 0.25) is 0 Å². The van der Waals surface area contributed by atoms with Gasteiger partial charge in [0.25, 0.3) is 0 Å². The third-order valence-corrected chi connectivity index (χ3v) is 2.44. The Hall–Kier alpha value is -1.85. The smallest absolute Gasteiger partial charge is 0.227 e. The van der Waals surface area contributed by atoms with Crippen molar-refractivity contribution in [1.29, 1.82) is 0 Å². The molecule has 0 saturated carbocycles. The maximum absolute atomic E-state index is 11.6. The quantitative estimate of drug-likeness (QED) is 0.702. The Balaban J connectivity index is 2.63. The molecule has 1 aromatic heterocycles. The van der Waals surface area contributed by atoms with Crippen LogP contribution >= 0.6 is 0 Å². The molecule has 0 fully saturated rings. The van der Waals surface area contributed by atoms with Crippen LogP contribution in [-0.2, 0) is 4.79 Å². The Bertz CT molecular complexity index is 391. The van der Waals surface area contributed by atoms with Crippen LogP contribution in [0.3, 0.4) is 0 Å². The number of anilines is 2. The molecule has 0 bridgehead atoms. The second-order valence-corrected chi connectivity index (χ2v) is 4.36. The number of rotatable bonds is 5. The molecule has 17 heavy (non-hydrogen) atoms. The fourth-order valence-corrected chi connectivity index (χ4v) is 1.30.